The molecule has 0 aliphatic heterocycles. The second-order valence-electron chi connectivity index (χ2n) is 0.889. The first kappa shape index (κ1) is 9.87. The van der Waals surface area contributed by atoms with Gasteiger partial charge in [-0.15, -0.1) is 12.4 Å². The van der Waals surface area contributed by atoms with Gasteiger partial charge >= 0.3 is 0 Å². The van der Waals surface area contributed by atoms with Crippen molar-refractivity contribution in [2.75, 3.05) is 0 Å². The largest absolute Gasteiger partial charge is 0.289 e. The zero-order valence-electron chi connectivity index (χ0n) is 3.97. The summed E-state index contributed by atoms with van der Waals surface area (Å²) in [6.45, 7) is 1.66. The van der Waals surface area contributed by atoms with Crippen molar-refractivity contribution in [3.63, 3.8) is 0 Å². The molecule has 0 radical (unpaired) electrons. The highest BCUT2D eigenvalue weighted by atomic mass is 35.5. The molecule has 0 fully saturated rings. The third-order valence-electron chi connectivity index (χ3n) is 0.446. The third-order valence-corrected chi connectivity index (χ3v) is 0.446. The third kappa shape index (κ3) is 5.72. The van der Waals surface area contributed by atoms with Gasteiger partial charge in [0.25, 0.3) is 0 Å². The zero-order chi connectivity index (χ0) is 4.99. The van der Waals surface area contributed by atoms with E-state index in [9.17, 15) is 4.79 Å². The molecule has 2 N–H and O–H groups in total. The number of amides is 1. The Bertz CT molecular complexity index is 50.9. The van der Waals surface area contributed by atoms with E-state index >= 15 is 0 Å². The molecule has 0 spiro atoms. The van der Waals surface area contributed by atoms with Crippen molar-refractivity contribution in [1.82, 2.24) is 5.48 Å². The number of rotatable bonds is 1. The summed E-state index contributed by atoms with van der Waals surface area (Å²) >= 11 is 0. The van der Waals surface area contributed by atoms with Crippen LogP contribution in [0.15, 0.2) is 0 Å². The number of hydrogen-bond acceptors (Lipinski definition) is 2. The molecule has 0 bridgehead atoms. The average molecular weight is 126 g/mol. The van der Waals surface area contributed by atoms with E-state index in [2.05, 4.69) is 0 Å². The van der Waals surface area contributed by atoms with Crippen LogP contribution in [-0.2, 0) is 4.79 Å². The van der Waals surface area contributed by atoms with Crippen LogP contribution in [0.1, 0.15) is 13.3 Å². The first-order valence-corrected chi connectivity index (χ1v) is 1.74. The minimum absolute atomic E-state index is 0. The molecule has 7 heavy (non-hydrogen) atoms. The topological polar surface area (TPSA) is 49.3 Å². The Morgan fingerprint density at radius 3 is 2.29 bits per heavy atom. The summed E-state index contributed by atoms with van der Waals surface area (Å²) < 4.78 is 0. The number of carbonyl (C=O) groups excluding carboxylic acids is 1. The highest BCUT2D eigenvalue weighted by Crippen LogP contribution is 1.68. The van der Waals surface area contributed by atoms with E-state index in [1.807, 2.05) is 0 Å². The molecule has 1 amide bonds. The van der Waals surface area contributed by atoms with Gasteiger partial charge < -0.3 is 0 Å². The molecule has 0 unspecified atom stereocenters. The lowest BCUT2D eigenvalue weighted by Crippen LogP contribution is -2.16. The minimum Gasteiger partial charge on any atom is -0.289 e. The van der Waals surface area contributed by atoms with Gasteiger partial charge in [-0.3, -0.25) is 10.0 Å². The van der Waals surface area contributed by atoms with Gasteiger partial charge in [-0.2, -0.15) is 0 Å². The Labute approximate surface area is 48.1 Å². The molecule has 0 aromatic rings. The summed E-state index contributed by atoms with van der Waals surface area (Å²) in [7, 11) is 0. The first-order chi connectivity index (χ1) is 2.81. The summed E-state index contributed by atoms with van der Waals surface area (Å²) in [5, 5.41) is 7.74. The number of halogens is 1. The molecule has 0 aliphatic carbocycles. The fourth-order valence-electron chi connectivity index (χ4n) is 0.0791. The maximum atomic E-state index is 9.82. The molecule has 0 saturated heterocycles. The van der Waals surface area contributed by atoms with Crippen LogP contribution in [-0.4, -0.2) is 11.1 Å². The SMILES string of the molecule is CCC(=O)NO.Cl. The van der Waals surface area contributed by atoms with Crippen LogP contribution in [0.5, 0.6) is 0 Å². The van der Waals surface area contributed by atoms with E-state index in [1.54, 1.807) is 6.92 Å². The van der Waals surface area contributed by atoms with Gasteiger partial charge in [0.05, 0.1) is 0 Å². The second-order valence-corrected chi connectivity index (χ2v) is 0.889. The maximum absolute atomic E-state index is 9.82. The monoisotopic (exact) mass is 125 g/mol. The number of carbonyl (C=O) groups is 1. The molecule has 0 rings (SSSR count). The highest BCUT2D eigenvalue weighted by molar-refractivity contribution is 5.85. The van der Waals surface area contributed by atoms with Crippen molar-refractivity contribution in [2.24, 2.45) is 0 Å². The minimum atomic E-state index is -0.352. The quantitative estimate of drug-likeness (QED) is 0.392. The Kier molecular flexibility index (Phi) is 8.06. The molecule has 0 heterocycles. The number of hydroxylamine groups is 1. The lowest BCUT2D eigenvalue weighted by molar-refractivity contribution is -0.128. The van der Waals surface area contributed by atoms with Crippen molar-refractivity contribution in [2.45, 2.75) is 13.3 Å². The lowest BCUT2D eigenvalue weighted by atomic mass is 10.5. The van der Waals surface area contributed by atoms with Gasteiger partial charge in [0, 0.05) is 6.42 Å². The summed E-state index contributed by atoms with van der Waals surface area (Å²) in [6, 6.07) is 0. The molecule has 0 aromatic carbocycles. The summed E-state index contributed by atoms with van der Waals surface area (Å²) in [5.74, 6) is -0.352. The van der Waals surface area contributed by atoms with Crippen LogP contribution >= 0.6 is 12.4 Å². The predicted octanol–water partition coefficient (Wildman–Crippen LogP) is 0.324. The van der Waals surface area contributed by atoms with Gasteiger partial charge in [-0.1, -0.05) is 6.92 Å². The Hall–Kier alpha value is -0.280. The van der Waals surface area contributed by atoms with Crippen LogP contribution in [0.2, 0.25) is 0 Å². The lowest BCUT2D eigenvalue weighted by Gasteiger charge is -1.85. The van der Waals surface area contributed by atoms with E-state index in [0.717, 1.165) is 0 Å². The van der Waals surface area contributed by atoms with Crippen molar-refractivity contribution in [1.29, 1.82) is 0 Å². The van der Waals surface area contributed by atoms with E-state index in [-0.39, 0.29) is 18.3 Å². The van der Waals surface area contributed by atoms with Crippen LogP contribution < -0.4 is 5.48 Å². The average Bonchev–Trinajstić information content (AvgIpc) is 1.65. The van der Waals surface area contributed by atoms with Crippen LogP contribution in [0.4, 0.5) is 0 Å². The number of hydrogen-bond donors (Lipinski definition) is 2. The molecule has 4 heteroatoms. The van der Waals surface area contributed by atoms with Gasteiger partial charge in [-0.05, 0) is 0 Å². The fourth-order valence-corrected chi connectivity index (χ4v) is 0.0791. The smallest absolute Gasteiger partial charge is 0.243 e. The predicted molar refractivity (Wildman–Crippen MR) is 27.5 cm³/mol. The van der Waals surface area contributed by atoms with E-state index in [1.165, 1.54) is 5.48 Å². The van der Waals surface area contributed by atoms with Gasteiger partial charge in [-0.25, -0.2) is 5.48 Å². The van der Waals surface area contributed by atoms with E-state index in [4.69, 9.17) is 5.21 Å². The molecule has 0 aliphatic rings. The van der Waals surface area contributed by atoms with Crippen LogP contribution in [0.25, 0.3) is 0 Å². The van der Waals surface area contributed by atoms with Crippen LogP contribution in [0, 0.1) is 0 Å². The van der Waals surface area contributed by atoms with E-state index < -0.39 is 0 Å². The van der Waals surface area contributed by atoms with Crippen LogP contribution in [0.3, 0.4) is 0 Å². The molecule has 0 aromatic heterocycles. The zero-order valence-corrected chi connectivity index (χ0v) is 4.79. The summed E-state index contributed by atoms with van der Waals surface area (Å²) in [5.41, 5.74) is 1.48. The molecule has 0 atom stereocenters. The van der Waals surface area contributed by atoms with Crippen molar-refractivity contribution in [3.8, 4) is 0 Å². The Balaban J connectivity index is 0. The maximum Gasteiger partial charge on any atom is 0.243 e. The van der Waals surface area contributed by atoms with Gasteiger partial charge in [0.2, 0.25) is 5.91 Å². The first-order valence-electron chi connectivity index (χ1n) is 1.74. The molecule has 44 valence electrons. The summed E-state index contributed by atoms with van der Waals surface area (Å²) in [6.07, 6.45) is 0.330. The molecule has 3 nitrogen and oxygen atoms in total. The van der Waals surface area contributed by atoms with Gasteiger partial charge in [0.15, 0.2) is 0 Å². The fraction of sp³-hybridized carbons (Fsp3) is 0.667. The normalized spacial score (nSPS) is 6.57. The van der Waals surface area contributed by atoms with Crippen molar-refractivity contribution >= 4 is 18.3 Å². The van der Waals surface area contributed by atoms with E-state index in [0.29, 0.717) is 6.42 Å². The summed E-state index contributed by atoms with van der Waals surface area (Å²) in [4.78, 5) is 9.82. The Morgan fingerprint density at radius 1 is 1.86 bits per heavy atom. The Morgan fingerprint density at radius 2 is 2.29 bits per heavy atom. The molecular formula is C3H8ClNO2. The van der Waals surface area contributed by atoms with Crippen molar-refractivity contribution in [3.05, 3.63) is 0 Å². The number of nitrogens with one attached hydrogen (secondary N) is 1. The highest BCUT2D eigenvalue weighted by Gasteiger charge is 1.86. The second kappa shape index (κ2) is 5.72. The van der Waals surface area contributed by atoms with Crippen molar-refractivity contribution < 1.29 is 10.0 Å². The molecule has 0 saturated carbocycles. The molecular weight excluding hydrogens is 117 g/mol. The standard InChI is InChI=1S/C3H7NO2.ClH/c1-2-3(5)4-6;/h6H,2H2,1H3,(H,4,5);1H. The van der Waals surface area contributed by atoms with Gasteiger partial charge in [0.1, 0.15) is 0 Å².